The van der Waals surface area contributed by atoms with Gasteiger partial charge in [0.25, 0.3) is 0 Å². The van der Waals surface area contributed by atoms with Gasteiger partial charge >= 0.3 is 8.80 Å². The zero-order valence-electron chi connectivity index (χ0n) is 13.9. The minimum atomic E-state index is -2.47. The van der Waals surface area contributed by atoms with Crippen molar-refractivity contribution < 1.29 is 13.3 Å². The minimum Gasteiger partial charge on any atom is -0.377 e. The van der Waals surface area contributed by atoms with Crippen molar-refractivity contribution in [1.82, 2.24) is 4.90 Å². The first kappa shape index (κ1) is 18.4. The summed E-state index contributed by atoms with van der Waals surface area (Å²) in [5.74, 6) is 0.640. The van der Waals surface area contributed by atoms with Crippen molar-refractivity contribution in [2.75, 3.05) is 34.9 Å². The van der Waals surface area contributed by atoms with Crippen LogP contribution in [0.1, 0.15) is 38.5 Å². The van der Waals surface area contributed by atoms with Gasteiger partial charge in [-0.05, 0) is 19.3 Å². The van der Waals surface area contributed by atoms with Gasteiger partial charge < -0.3 is 23.9 Å². The summed E-state index contributed by atoms with van der Waals surface area (Å²) in [5, 5.41) is 0. The molecule has 0 saturated heterocycles. The van der Waals surface area contributed by atoms with Gasteiger partial charge in [0, 0.05) is 41.0 Å². The van der Waals surface area contributed by atoms with Gasteiger partial charge in [-0.15, -0.1) is 0 Å². The Hall–Kier alpha value is -0.633. The second-order valence-electron chi connectivity index (χ2n) is 5.60. The van der Waals surface area contributed by atoms with E-state index in [9.17, 15) is 0 Å². The van der Waals surface area contributed by atoms with Gasteiger partial charge in [-0.1, -0.05) is 19.3 Å². The van der Waals surface area contributed by atoms with Crippen molar-refractivity contribution in [2.24, 2.45) is 10.7 Å². The van der Waals surface area contributed by atoms with E-state index < -0.39 is 8.80 Å². The number of aliphatic imine (C=N–C) groups is 1. The molecule has 6 nitrogen and oxygen atoms in total. The molecule has 2 N–H and O–H groups in total. The van der Waals surface area contributed by atoms with Crippen LogP contribution in [0.2, 0.25) is 6.04 Å². The molecule has 0 aromatic carbocycles. The van der Waals surface area contributed by atoms with E-state index in [1.807, 2.05) is 11.9 Å². The van der Waals surface area contributed by atoms with Crippen LogP contribution in [0.15, 0.2) is 4.99 Å². The van der Waals surface area contributed by atoms with Crippen LogP contribution in [0, 0.1) is 0 Å². The fourth-order valence-corrected chi connectivity index (χ4v) is 4.40. The van der Waals surface area contributed by atoms with E-state index in [1.165, 1.54) is 32.1 Å². The third-order valence-corrected chi connectivity index (χ3v) is 7.02. The molecule has 1 aliphatic carbocycles. The van der Waals surface area contributed by atoms with Crippen LogP contribution >= 0.6 is 0 Å². The second kappa shape index (κ2) is 9.40. The van der Waals surface area contributed by atoms with Crippen molar-refractivity contribution in [3.8, 4) is 0 Å². The SMILES string of the molecule is CO[Si](CCCN(C)C(N)=NC1CCCCC1)(OC)OC. The van der Waals surface area contributed by atoms with Crippen LogP contribution < -0.4 is 5.73 Å². The van der Waals surface area contributed by atoms with E-state index in [2.05, 4.69) is 4.99 Å². The molecule has 1 fully saturated rings. The first-order chi connectivity index (χ1) is 10.1. The maximum Gasteiger partial charge on any atom is 0.500 e. The van der Waals surface area contributed by atoms with Gasteiger partial charge in [0.05, 0.1) is 6.04 Å². The first-order valence-corrected chi connectivity index (χ1v) is 9.70. The molecule has 7 heteroatoms. The molecule has 0 atom stereocenters. The lowest BCUT2D eigenvalue weighted by atomic mass is 9.96. The maximum atomic E-state index is 6.09. The van der Waals surface area contributed by atoms with Crippen molar-refractivity contribution in [3.05, 3.63) is 0 Å². The van der Waals surface area contributed by atoms with Gasteiger partial charge in [0.1, 0.15) is 0 Å². The average molecular weight is 318 g/mol. The molecule has 124 valence electrons. The molecular weight excluding hydrogens is 286 g/mol. The highest BCUT2D eigenvalue weighted by molar-refractivity contribution is 6.60. The smallest absolute Gasteiger partial charge is 0.377 e. The normalized spacial score (nSPS) is 18.0. The summed E-state index contributed by atoms with van der Waals surface area (Å²) in [7, 11) is 4.44. The van der Waals surface area contributed by atoms with Gasteiger partial charge in [0.2, 0.25) is 0 Å². The minimum absolute atomic E-state index is 0.409. The Kier molecular flexibility index (Phi) is 8.24. The fourth-order valence-electron chi connectivity index (χ4n) is 2.70. The molecule has 0 aliphatic heterocycles. The number of rotatable bonds is 8. The second-order valence-corrected chi connectivity index (χ2v) is 8.69. The van der Waals surface area contributed by atoms with Crippen molar-refractivity contribution >= 4 is 14.8 Å². The first-order valence-electron chi connectivity index (χ1n) is 7.76. The third kappa shape index (κ3) is 5.94. The molecule has 1 saturated carbocycles. The van der Waals surface area contributed by atoms with Crippen molar-refractivity contribution in [2.45, 2.75) is 50.6 Å². The Morgan fingerprint density at radius 3 is 2.24 bits per heavy atom. The molecule has 0 unspecified atom stereocenters. The lowest BCUT2D eigenvalue weighted by molar-refractivity contribution is 0.122. The highest BCUT2D eigenvalue weighted by atomic mass is 28.4. The Balaban J connectivity index is 2.38. The van der Waals surface area contributed by atoms with Crippen LogP contribution in [0.4, 0.5) is 0 Å². The standard InChI is InChI=1S/C14H31N3O3Si/c1-17(11-8-12-21(18-2,19-3)20-4)14(15)16-13-9-6-5-7-10-13/h13H,5-12H2,1-4H3,(H2,15,16). The van der Waals surface area contributed by atoms with Gasteiger partial charge in [-0.2, -0.15) is 0 Å². The molecule has 0 aromatic rings. The number of hydrogen-bond acceptors (Lipinski definition) is 4. The molecule has 0 amide bonds. The zero-order valence-corrected chi connectivity index (χ0v) is 14.9. The summed E-state index contributed by atoms with van der Waals surface area (Å²) in [6, 6.07) is 1.18. The monoisotopic (exact) mass is 317 g/mol. The van der Waals surface area contributed by atoms with E-state index in [1.54, 1.807) is 21.3 Å². The summed E-state index contributed by atoms with van der Waals surface area (Å²) >= 11 is 0. The molecule has 0 spiro atoms. The molecule has 0 heterocycles. The Morgan fingerprint density at radius 1 is 1.14 bits per heavy atom. The summed E-state index contributed by atoms with van der Waals surface area (Å²) in [4.78, 5) is 6.66. The molecule has 1 aliphatic rings. The van der Waals surface area contributed by atoms with E-state index in [0.29, 0.717) is 12.0 Å². The Labute approximate surface area is 130 Å². The third-order valence-electron chi connectivity index (χ3n) is 4.19. The van der Waals surface area contributed by atoms with E-state index >= 15 is 0 Å². The highest BCUT2D eigenvalue weighted by Gasteiger charge is 2.37. The van der Waals surface area contributed by atoms with Crippen LogP contribution in [0.25, 0.3) is 0 Å². The van der Waals surface area contributed by atoms with Crippen LogP contribution in [-0.2, 0) is 13.3 Å². The highest BCUT2D eigenvalue weighted by Crippen LogP contribution is 2.20. The quantitative estimate of drug-likeness (QED) is 0.420. The van der Waals surface area contributed by atoms with Gasteiger partial charge in [-0.3, -0.25) is 0 Å². The fraction of sp³-hybridized carbons (Fsp3) is 0.929. The number of hydrogen-bond donors (Lipinski definition) is 1. The van der Waals surface area contributed by atoms with Crippen molar-refractivity contribution in [3.63, 3.8) is 0 Å². The summed E-state index contributed by atoms with van der Waals surface area (Å²) in [6.45, 7) is 0.826. The summed E-state index contributed by atoms with van der Waals surface area (Å²) in [5.41, 5.74) is 6.09. The number of guanidine groups is 1. The van der Waals surface area contributed by atoms with Crippen LogP contribution in [0.3, 0.4) is 0 Å². The van der Waals surface area contributed by atoms with E-state index in [-0.39, 0.29) is 0 Å². The topological polar surface area (TPSA) is 69.3 Å². The molecule has 0 radical (unpaired) electrons. The predicted molar refractivity (Wildman–Crippen MR) is 87.3 cm³/mol. The van der Waals surface area contributed by atoms with Gasteiger partial charge in [0.15, 0.2) is 5.96 Å². The summed E-state index contributed by atoms with van der Waals surface area (Å²) < 4.78 is 16.2. The van der Waals surface area contributed by atoms with E-state index in [0.717, 1.165) is 19.0 Å². The zero-order chi connectivity index (χ0) is 15.7. The molecule has 0 bridgehead atoms. The molecular formula is C14H31N3O3Si. The number of nitrogens with two attached hydrogens (primary N) is 1. The molecule has 1 rings (SSSR count). The average Bonchev–Trinajstić information content (AvgIpc) is 2.53. The lowest BCUT2D eigenvalue weighted by Gasteiger charge is -2.26. The maximum absolute atomic E-state index is 6.09. The Bertz CT molecular complexity index is 310. The van der Waals surface area contributed by atoms with Crippen molar-refractivity contribution in [1.29, 1.82) is 0 Å². The van der Waals surface area contributed by atoms with Crippen LogP contribution in [-0.4, -0.2) is 60.6 Å². The largest absolute Gasteiger partial charge is 0.500 e. The van der Waals surface area contributed by atoms with Gasteiger partial charge in [-0.25, -0.2) is 4.99 Å². The van der Waals surface area contributed by atoms with Crippen LogP contribution in [0.5, 0.6) is 0 Å². The number of nitrogens with zero attached hydrogens (tertiary/aromatic N) is 2. The molecule has 21 heavy (non-hydrogen) atoms. The molecule has 0 aromatic heterocycles. The lowest BCUT2D eigenvalue weighted by Crippen LogP contribution is -2.44. The van der Waals surface area contributed by atoms with E-state index in [4.69, 9.17) is 19.0 Å². The summed E-state index contributed by atoms with van der Waals surface area (Å²) in [6.07, 6.45) is 7.12. The predicted octanol–water partition coefficient (Wildman–Crippen LogP) is 1.83. The Morgan fingerprint density at radius 2 is 1.71 bits per heavy atom.